The van der Waals surface area contributed by atoms with Gasteiger partial charge in [0.05, 0.1) is 28.2 Å². The molecule has 0 aliphatic carbocycles. The average molecular weight is 386 g/mol. The molecule has 2 aromatic carbocycles. The van der Waals surface area contributed by atoms with Crippen LogP contribution in [0.5, 0.6) is 0 Å². The van der Waals surface area contributed by atoms with Gasteiger partial charge in [-0.05, 0) is 29.8 Å². The minimum Gasteiger partial charge on any atom is -0.369 e. The molecule has 0 aliphatic rings. The Morgan fingerprint density at radius 3 is 2.62 bits per heavy atom. The summed E-state index contributed by atoms with van der Waals surface area (Å²) in [5, 5.41) is 3.69. The first-order valence-corrected chi connectivity index (χ1v) is 8.75. The summed E-state index contributed by atoms with van der Waals surface area (Å²) in [5.41, 5.74) is 2.93. The van der Waals surface area contributed by atoms with E-state index in [-0.39, 0.29) is 5.91 Å². The van der Waals surface area contributed by atoms with Gasteiger partial charge in [0.2, 0.25) is 0 Å². The second-order valence-corrected chi connectivity index (χ2v) is 6.70. The molecule has 6 heteroatoms. The number of carbonyl (C=O) groups is 1. The van der Waals surface area contributed by atoms with Gasteiger partial charge in [-0.1, -0.05) is 53.5 Å². The summed E-state index contributed by atoms with van der Waals surface area (Å²) < 4.78 is 0. The molecule has 1 heterocycles. The Kier molecular flexibility index (Phi) is 5.76. The van der Waals surface area contributed by atoms with Crippen molar-refractivity contribution in [3.63, 3.8) is 0 Å². The summed E-state index contributed by atoms with van der Waals surface area (Å²) >= 11 is 12.1. The van der Waals surface area contributed by atoms with Crippen molar-refractivity contribution in [2.75, 3.05) is 17.3 Å². The van der Waals surface area contributed by atoms with E-state index in [9.17, 15) is 4.79 Å². The van der Waals surface area contributed by atoms with Gasteiger partial charge in [-0.25, -0.2) is 0 Å². The predicted octanol–water partition coefficient (Wildman–Crippen LogP) is 5.28. The average Bonchev–Trinajstić information content (AvgIpc) is 2.65. The lowest BCUT2D eigenvalue weighted by Gasteiger charge is -2.19. The Bertz CT molecular complexity index is 916. The van der Waals surface area contributed by atoms with Gasteiger partial charge in [0, 0.05) is 24.8 Å². The maximum atomic E-state index is 12.5. The number of pyridine rings is 1. The first-order valence-electron chi connectivity index (χ1n) is 7.99. The van der Waals surface area contributed by atoms with E-state index in [0.29, 0.717) is 27.8 Å². The molecule has 3 aromatic rings. The van der Waals surface area contributed by atoms with Crippen LogP contribution >= 0.6 is 23.2 Å². The van der Waals surface area contributed by atoms with Crippen molar-refractivity contribution in [1.29, 1.82) is 0 Å². The zero-order valence-corrected chi connectivity index (χ0v) is 15.6. The summed E-state index contributed by atoms with van der Waals surface area (Å²) in [7, 11) is 1.96. The van der Waals surface area contributed by atoms with E-state index in [1.807, 2.05) is 30.1 Å². The Morgan fingerprint density at radius 2 is 1.85 bits per heavy atom. The van der Waals surface area contributed by atoms with Gasteiger partial charge in [0.25, 0.3) is 5.91 Å². The molecular formula is C20H17Cl2N3O. The number of hydrogen-bond acceptors (Lipinski definition) is 3. The number of anilines is 2. The Balaban J connectivity index is 1.76. The van der Waals surface area contributed by atoms with E-state index in [4.69, 9.17) is 23.2 Å². The maximum absolute atomic E-state index is 12.5. The van der Waals surface area contributed by atoms with Crippen molar-refractivity contribution < 1.29 is 4.79 Å². The summed E-state index contributed by atoms with van der Waals surface area (Å²) in [6.45, 7) is 0.716. The first kappa shape index (κ1) is 18.2. The number of hydrogen-bond donors (Lipinski definition) is 1. The van der Waals surface area contributed by atoms with Crippen LogP contribution < -0.4 is 10.2 Å². The van der Waals surface area contributed by atoms with Crippen LogP contribution in [0.3, 0.4) is 0 Å². The monoisotopic (exact) mass is 385 g/mol. The van der Waals surface area contributed by atoms with Crippen LogP contribution in [0, 0.1) is 0 Å². The van der Waals surface area contributed by atoms with Gasteiger partial charge in [-0.3, -0.25) is 9.78 Å². The molecule has 0 radical (unpaired) electrons. The molecule has 0 unspecified atom stereocenters. The van der Waals surface area contributed by atoms with Crippen LogP contribution in [0.1, 0.15) is 15.9 Å². The highest BCUT2D eigenvalue weighted by Gasteiger charge is 2.12. The van der Waals surface area contributed by atoms with E-state index in [0.717, 1.165) is 5.69 Å². The van der Waals surface area contributed by atoms with Gasteiger partial charge in [-0.15, -0.1) is 0 Å². The minimum absolute atomic E-state index is 0.295. The van der Waals surface area contributed by atoms with Gasteiger partial charge in [-0.2, -0.15) is 0 Å². The van der Waals surface area contributed by atoms with Gasteiger partial charge in [0.15, 0.2) is 0 Å². The molecule has 0 spiro atoms. The number of amides is 1. The lowest BCUT2D eigenvalue weighted by atomic mass is 10.2. The Hall–Kier alpha value is -2.56. The van der Waals surface area contributed by atoms with Crippen molar-refractivity contribution in [3.05, 3.63) is 88.2 Å². The molecule has 1 aromatic heterocycles. The largest absolute Gasteiger partial charge is 0.369 e. The topological polar surface area (TPSA) is 45.2 Å². The van der Waals surface area contributed by atoms with Gasteiger partial charge in [0.1, 0.15) is 0 Å². The number of carbonyl (C=O) groups excluding carboxylic acids is 1. The molecule has 26 heavy (non-hydrogen) atoms. The third-order valence-electron chi connectivity index (χ3n) is 3.87. The Morgan fingerprint density at radius 1 is 1.08 bits per heavy atom. The van der Waals surface area contributed by atoms with Crippen LogP contribution in [0.25, 0.3) is 0 Å². The molecule has 0 saturated carbocycles. The van der Waals surface area contributed by atoms with Gasteiger partial charge >= 0.3 is 0 Å². The van der Waals surface area contributed by atoms with E-state index < -0.39 is 0 Å². The lowest BCUT2D eigenvalue weighted by Crippen LogP contribution is -2.18. The highest BCUT2D eigenvalue weighted by molar-refractivity contribution is 6.35. The molecular weight excluding hydrogens is 369 g/mol. The molecule has 1 N–H and O–H groups in total. The third kappa shape index (κ3) is 4.54. The number of benzene rings is 2. The number of halogens is 2. The summed E-state index contributed by atoms with van der Waals surface area (Å²) in [4.78, 5) is 18.8. The minimum atomic E-state index is -0.295. The van der Waals surface area contributed by atoms with Crippen molar-refractivity contribution in [2.45, 2.75) is 6.54 Å². The first-order chi connectivity index (χ1) is 12.5. The van der Waals surface area contributed by atoms with Crippen LogP contribution in [0.15, 0.2) is 67.0 Å². The standard InChI is InChI=1S/C20H17Cl2N3O/c1-25(13-14-5-3-2-4-6-14)17-9-15(11-23-12-17)20(26)24-19-10-16(21)7-8-18(19)22/h2-12H,13H2,1H3,(H,24,26). The predicted molar refractivity (Wildman–Crippen MR) is 107 cm³/mol. The van der Waals surface area contributed by atoms with Crippen molar-refractivity contribution >= 4 is 40.5 Å². The second kappa shape index (κ2) is 8.21. The number of nitrogens with zero attached hydrogens (tertiary/aromatic N) is 2. The normalized spacial score (nSPS) is 10.4. The molecule has 0 saturated heterocycles. The number of rotatable bonds is 5. The molecule has 0 bridgehead atoms. The molecule has 0 aliphatic heterocycles. The molecule has 4 nitrogen and oxygen atoms in total. The summed E-state index contributed by atoms with van der Waals surface area (Å²) in [6.07, 6.45) is 3.25. The van der Waals surface area contributed by atoms with Crippen LogP contribution in [0.4, 0.5) is 11.4 Å². The van der Waals surface area contributed by atoms with Crippen LogP contribution in [0.2, 0.25) is 10.0 Å². The fourth-order valence-electron chi connectivity index (χ4n) is 2.50. The van der Waals surface area contributed by atoms with Crippen LogP contribution in [-0.2, 0) is 6.54 Å². The van der Waals surface area contributed by atoms with E-state index >= 15 is 0 Å². The molecule has 0 atom stereocenters. The fourth-order valence-corrected chi connectivity index (χ4v) is 2.83. The lowest BCUT2D eigenvalue weighted by molar-refractivity contribution is 0.102. The van der Waals surface area contributed by atoms with Crippen molar-refractivity contribution in [1.82, 2.24) is 4.98 Å². The third-order valence-corrected chi connectivity index (χ3v) is 4.43. The smallest absolute Gasteiger partial charge is 0.257 e. The maximum Gasteiger partial charge on any atom is 0.257 e. The number of nitrogens with one attached hydrogen (secondary N) is 1. The van der Waals surface area contributed by atoms with Gasteiger partial charge < -0.3 is 10.2 Å². The van der Waals surface area contributed by atoms with Crippen molar-refractivity contribution in [3.8, 4) is 0 Å². The van der Waals surface area contributed by atoms with Crippen LogP contribution in [-0.4, -0.2) is 17.9 Å². The van der Waals surface area contributed by atoms with Crippen molar-refractivity contribution in [2.24, 2.45) is 0 Å². The molecule has 0 fully saturated rings. The van der Waals surface area contributed by atoms with E-state index in [1.54, 1.807) is 30.5 Å². The fraction of sp³-hybridized carbons (Fsp3) is 0.100. The molecule has 132 valence electrons. The van der Waals surface area contributed by atoms with E-state index in [1.165, 1.54) is 11.8 Å². The highest BCUT2D eigenvalue weighted by atomic mass is 35.5. The SMILES string of the molecule is CN(Cc1ccccc1)c1cncc(C(=O)Nc2cc(Cl)ccc2Cl)c1. The molecule has 3 rings (SSSR count). The summed E-state index contributed by atoms with van der Waals surface area (Å²) in [5.74, 6) is -0.295. The zero-order valence-electron chi connectivity index (χ0n) is 14.1. The quantitative estimate of drug-likeness (QED) is 0.649. The highest BCUT2D eigenvalue weighted by Crippen LogP contribution is 2.26. The zero-order chi connectivity index (χ0) is 18.5. The second-order valence-electron chi connectivity index (χ2n) is 5.85. The number of aromatic nitrogens is 1. The summed E-state index contributed by atoms with van der Waals surface area (Å²) in [6, 6.07) is 16.8. The Labute approximate surface area is 162 Å². The van der Waals surface area contributed by atoms with E-state index in [2.05, 4.69) is 22.4 Å². The molecule has 1 amide bonds.